The highest BCUT2D eigenvalue weighted by Gasteiger charge is 2.42. The van der Waals surface area contributed by atoms with Crippen molar-refractivity contribution in [3.05, 3.63) is 0 Å². The molecule has 0 aromatic rings. The number of carbonyl (C=O) groups excluding carboxylic acids is 1. The molecule has 0 N–H and O–H groups in total. The molecular weight excluding hydrogens is 164 g/mol. The minimum absolute atomic E-state index is 0.0709. The standard InChI is InChI=1S/C11H20O2/c1-4-10-5-6-11(7-10,8-12)9(2)13-3/h8-10H,4-7H2,1-3H3. The molecule has 0 aromatic heterocycles. The molecule has 0 spiro atoms. The molecule has 76 valence electrons. The van der Waals surface area contributed by atoms with E-state index >= 15 is 0 Å². The largest absolute Gasteiger partial charge is 0.381 e. The van der Waals surface area contributed by atoms with Gasteiger partial charge >= 0.3 is 0 Å². The topological polar surface area (TPSA) is 26.3 Å². The molecule has 0 aromatic carbocycles. The summed E-state index contributed by atoms with van der Waals surface area (Å²) in [5, 5.41) is 0. The fourth-order valence-corrected chi connectivity index (χ4v) is 2.37. The summed E-state index contributed by atoms with van der Waals surface area (Å²) in [6, 6.07) is 0. The molecule has 1 saturated carbocycles. The highest BCUT2D eigenvalue weighted by Crippen LogP contribution is 2.44. The van der Waals surface area contributed by atoms with E-state index in [4.69, 9.17) is 4.74 Å². The van der Waals surface area contributed by atoms with Gasteiger partial charge < -0.3 is 9.53 Å². The lowest BCUT2D eigenvalue weighted by Gasteiger charge is -2.28. The van der Waals surface area contributed by atoms with Gasteiger partial charge in [-0.25, -0.2) is 0 Å². The van der Waals surface area contributed by atoms with Crippen LogP contribution in [0.2, 0.25) is 0 Å². The van der Waals surface area contributed by atoms with Crippen LogP contribution in [0.3, 0.4) is 0 Å². The summed E-state index contributed by atoms with van der Waals surface area (Å²) in [5.74, 6) is 0.725. The molecule has 0 radical (unpaired) electrons. The van der Waals surface area contributed by atoms with Crippen molar-refractivity contribution in [3.63, 3.8) is 0 Å². The van der Waals surface area contributed by atoms with E-state index in [1.54, 1.807) is 7.11 Å². The minimum atomic E-state index is -0.185. The highest BCUT2D eigenvalue weighted by atomic mass is 16.5. The number of methoxy groups -OCH3 is 1. The zero-order valence-electron chi connectivity index (χ0n) is 8.88. The van der Waals surface area contributed by atoms with E-state index in [0.717, 1.165) is 25.0 Å². The predicted octanol–water partition coefficient (Wildman–Crippen LogP) is 2.42. The van der Waals surface area contributed by atoms with Gasteiger partial charge in [0.25, 0.3) is 0 Å². The summed E-state index contributed by atoms with van der Waals surface area (Å²) >= 11 is 0. The van der Waals surface area contributed by atoms with Gasteiger partial charge in [-0.05, 0) is 32.1 Å². The fraction of sp³-hybridized carbons (Fsp3) is 0.909. The first kappa shape index (κ1) is 10.7. The summed E-state index contributed by atoms with van der Waals surface area (Å²) in [6.07, 6.45) is 5.58. The molecule has 1 aliphatic carbocycles. The molecule has 0 saturated heterocycles. The summed E-state index contributed by atoms with van der Waals surface area (Å²) < 4.78 is 5.29. The van der Waals surface area contributed by atoms with Crippen LogP contribution in [0.5, 0.6) is 0 Å². The van der Waals surface area contributed by atoms with E-state index in [2.05, 4.69) is 6.92 Å². The van der Waals surface area contributed by atoms with Gasteiger partial charge in [-0.3, -0.25) is 0 Å². The van der Waals surface area contributed by atoms with Crippen LogP contribution in [-0.4, -0.2) is 19.5 Å². The average Bonchev–Trinajstić information content (AvgIpc) is 2.61. The first-order valence-electron chi connectivity index (χ1n) is 5.17. The Balaban J connectivity index is 2.67. The van der Waals surface area contributed by atoms with Crippen molar-refractivity contribution < 1.29 is 9.53 Å². The lowest BCUT2D eigenvalue weighted by molar-refractivity contribution is -0.123. The minimum Gasteiger partial charge on any atom is -0.381 e. The lowest BCUT2D eigenvalue weighted by Crippen LogP contribution is -2.33. The van der Waals surface area contributed by atoms with Gasteiger partial charge in [0.15, 0.2) is 0 Å². The summed E-state index contributed by atoms with van der Waals surface area (Å²) in [4.78, 5) is 11.1. The van der Waals surface area contributed by atoms with Crippen LogP contribution in [0.25, 0.3) is 0 Å². The zero-order valence-corrected chi connectivity index (χ0v) is 8.88. The van der Waals surface area contributed by atoms with E-state index in [-0.39, 0.29) is 11.5 Å². The van der Waals surface area contributed by atoms with Crippen molar-refractivity contribution in [1.29, 1.82) is 0 Å². The quantitative estimate of drug-likeness (QED) is 0.627. The van der Waals surface area contributed by atoms with Crippen LogP contribution in [0, 0.1) is 11.3 Å². The van der Waals surface area contributed by atoms with E-state index in [9.17, 15) is 4.79 Å². The Morgan fingerprint density at radius 1 is 1.69 bits per heavy atom. The smallest absolute Gasteiger partial charge is 0.128 e. The molecule has 0 aliphatic heterocycles. The third-order valence-corrected chi connectivity index (χ3v) is 3.66. The number of hydrogen-bond acceptors (Lipinski definition) is 2. The maximum absolute atomic E-state index is 11.1. The van der Waals surface area contributed by atoms with Crippen LogP contribution >= 0.6 is 0 Å². The number of aldehydes is 1. The van der Waals surface area contributed by atoms with Crippen LogP contribution < -0.4 is 0 Å². The van der Waals surface area contributed by atoms with Crippen LogP contribution in [-0.2, 0) is 9.53 Å². The van der Waals surface area contributed by atoms with Gasteiger partial charge in [-0.15, -0.1) is 0 Å². The van der Waals surface area contributed by atoms with Crippen LogP contribution in [0.4, 0.5) is 0 Å². The predicted molar refractivity (Wildman–Crippen MR) is 52.6 cm³/mol. The Labute approximate surface area is 80.7 Å². The lowest BCUT2D eigenvalue weighted by atomic mass is 9.81. The molecule has 3 atom stereocenters. The van der Waals surface area contributed by atoms with Crippen molar-refractivity contribution in [3.8, 4) is 0 Å². The fourth-order valence-electron chi connectivity index (χ4n) is 2.37. The van der Waals surface area contributed by atoms with E-state index in [1.807, 2.05) is 6.92 Å². The Morgan fingerprint density at radius 3 is 2.77 bits per heavy atom. The van der Waals surface area contributed by atoms with Crippen molar-refractivity contribution in [2.45, 2.75) is 45.6 Å². The van der Waals surface area contributed by atoms with E-state index < -0.39 is 0 Å². The summed E-state index contributed by atoms with van der Waals surface area (Å²) in [7, 11) is 1.69. The SMILES string of the molecule is CCC1CCC(C=O)(C(C)OC)C1. The molecule has 1 aliphatic rings. The van der Waals surface area contributed by atoms with Crippen molar-refractivity contribution >= 4 is 6.29 Å². The second-order valence-electron chi connectivity index (χ2n) is 4.25. The Bertz CT molecular complexity index is 179. The number of carbonyl (C=O) groups is 1. The van der Waals surface area contributed by atoms with E-state index in [1.165, 1.54) is 12.8 Å². The molecule has 0 amide bonds. The molecule has 2 heteroatoms. The normalized spacial score (nSPS) is 36.1. The van der Waals surface area contributed by atoms with Crippen LogP contribution in [0.1, 0.15) is 39.5 Å². The second kappa shape index (κ2) is 4.23. The Hall–Kier alpha value is -0.370. The number of hydrogen-bond donors (Lipinski definition) is 0. The monoisotopic (exact) mass is 184 g/mol. The summed E-state index contributed by atoms with van der Waals surface area (Å²) in [5.41, 5.74) is -0.185. The molecule has 0 bridgehead atoms. The third-order valence-electron chi connectivity index (χ3n) is 3.66. The third kappa shape index (κ3) is 1.93. The van der Waals surface area contributed by atoms with Gasteiger partial charge in [0.05, 0.1) is 11.5 Å². The molecule has 0 heterocycles. The molecule has 1 fully saturated rings. The number of rotatable bonds is 4. The molecule has 3 unspecified atom stereocenters. The molecule has 2 nitrogen and oxygen atoms in total. The molecule has 1 rings (SSSR count). The highest BCUT2D eigenvalue weighted by molar-refractivity contribution is 5.61. The Morgan fingerprint density at radius 2 is 2.38 bits per heavy atom. The van der Waals surface area contributed by atoms with Gasteiger partial charge in [-0.2, -0.15) is 0 Å². The molecule has 13 heavy (non-hydrogen) atoms. The zero-order chi connectivity index (χ0) is 9.90. The summed E-state index contributed by atoms with van der Waals surface area (Å²) in [6.45, 7) is 4.20. The van der Waals surface area contributed by atoms with Gasteiger partial charge in [0.1, 0.15) is 6.29 Å². The molecular formula is C11H20O2. The maximum atomic E-state index is 11.1. The van der Waals surface area contributed by atoms with Crippen molar-refractivity contribution in [2.75, 3.05) is 7.11 Å². The van der Waals surface area contributed by atoms with Gasteiger partial charge in [0.2, 0.25) is 0 Å². The maximum Gasteiger partial charge on any atom is 0.128 e. The second-order valence-corrected chi connectivity index (χ2v) is 4.25. The van der Waals surface area contributed by atoms with Crippen molar-refractivity contribution in [2.24, 2.45) is 11.3 Å². The average molecular weight is 184 g/mol. The first-order valence-corrected chi connectivity index (χ1v) is 5.17. The van der Waals surface area contributed by atoms with Gasteiger partial charge in [0, 0.05) is 7.11 Å². The van der Waals surface area contributed by atoms with Crippen LogP contribution in [0.15, 0.2) is 0 Å². The van der Waals surface area contributed by atoms with Crippen molar-refractivity contribution in [1.82, 2.24) is 0 Å². The Kier molecular flexibility index (Phi) is 3.48. The first-order chi connectivity index (χ1) is 6.18. The van der Waals surface area contributed by atoms with E-state index in [0.29, 0.717) is 0 Å². The number of ether oxygens (including phenoxy) is 1. The van der Waals surface area contributed by atoms with Gasteiger partial charge in [-0.1, -0.05) is 13.3 Å².